The highest BCUT2D eigenvalue weighted by atomic mass is 19.4. The van der Waals surface area contributed by atoms with Gasteiger partial charge in [0.25, 0.3) is 0 Å². The van der Waals surface area contributed by atoms with Gasteiger partial charge in [-0.3, -0.25) is 9.59 Å². The first kappa shape index (κ1) is 17.7. The topological polar surface area (TPSA) is 49.4 Å². The van der Waals surface area contributed by atoms with E-state index in [1.54, 1.807) is 0 Å². The number of hydrogen-bond donors (Lipinski definition) is 1. The van der Waals surface area contributed by atoms with Crippen molar-refractivity contribution >= 4 is 11.8 Å². The van der Waals surface area contributed by atoms with Gasteiger partial charge in [-0.2, -0.15) is 13.2 Å². The van der Waals surface area contributed by atoms with Crippen LogP contribution in [0.15, 0.2) is 0 Å². The third kappa shape index (κ3) is 9.32. The van der Waals surface area contributed by atoms with E-state index in [1.165, 1.54) is 6.92 Å². The molecule has 0 aliphatic carbocycles. The Labute approximate surface area is 111 Å². The van der Waals surface area contributed by atoms with E-state index in [4.69, 9.17) is 0 Å². The Balaban J connectivity index is 4.25. The number of amides is 2. The number of hydrogen-bond acceptors (Lipinski definition) is 2. The van der Waals surface area contributed by atoms with Crippen LogP contribution in [0.25, 0.3) is 0 Å². The lowest BCUT2D eigenvalue weighted by atomic mass is 9.92. The minimum absolute atomic E-state index is 0.0481. The zero-order chi connectivity index (χ0) is 15.3. The molecule has 0 saturated heterocycles. The molecule has 0 spiro atoms. The van der Waals surface area contributed by atoms with E-state index in [0.717, 1.165) is 0 Å². The summed E-state index contributed by atoms with van der Waals surface area (Å²) in [5.74, 6) is -1.08. The van der Waals surface area contributed by atoms with E-state index in [0.29, 0.717) is 4.90 Å². The van der Waals surface area contributed by atoms with Crippen molar-refractivity contribution in [3.63, 3.8) is 0 Å². The molecule has 0 radical (unpaired) electrons. The van der Waals surface area contributed by atoms with Gasteiger partial charge in [0.15, 0.2) is 0 Å². The summed E-state index contributed by atoms with van der Waals surface area (Å²) < 4.78 is 36.6. The second-order valence-corrected chi connectivity index (χ2v) is 5.54. The summed E-state index contributed by atoms with van der Waals surface area (Å²) in [7, 11) is 0. The Morgan fingerprint density at radius 2 is 1.68 bits per heavy atom. The Bertz CT molecular complexity index is 322. The van der Waals surface area contributed by atoms with E-state index in [9.17, 15) is 22.8 Å². The van der Waals surface area contributed by atoms with Gasteiger partial charge < -0.3 is 10.2 Å². The van der Waals surface area contributed by atoms with Crippen molar-refractivity contribution in [1.82, 2.24) is 10.2 Å². The number of carbonyl (C=O) groups is 2. The highest BCUT2D eigenvalue weighted by molar-refractivity contribution is 5.84. The number of rotatable bonds is 5. The average molecular weight is 282 g/mol. The van der Waals surface area contributed by atoms with Crippen LogP contribution in [0, 0.1) is 5.41 Å². The van der Waals surface area contributed by atoms with Crippen molar-refractivity contribution in [2.45, 2.75) is 40.3 Å². The molecule has 0 aliphatic rings. The van der Waals surface area contributed by atoms with Gasteiger partial charge in [0.2, 0.25) is 11.8 Å². The Morgan fingerprint density at radius 3 is 2.05 bits per heavy atom. The molecule has 19 heavy (non-hydrogen) atoms. The fourth-order valence-electron chi connectivity index (χ4n) is 1.42. The summed E-state index contributed by atoms with van der Waals surface area (Å²) in [5, 5.41) is 2.34. The monoisotopic (exact) mass is 282 g/mol. The number of likely N-dealkylation sites (N-methyl/N-ethyl adjacent to an activating group) is 1. The fraction of sp³-hybridized carbons (Fsp3) is 0.833. The predicted molar refractivity (Wildman–Crippen MR) is 65.4 cm³/mol. The van der Waals surface area contributed by atoms with E-state index in [1.807, 2.05) is 20.8 Å². The van der Waals surface area contributed by atoms with Crippen LogP contribution in [0.4, 0.5) is 13.2 Å². The van der Waals surface area contributed by atoms with Crippen molar-refractivity contribution in [2.24, 2.45) is 5.41 Å². The van der Waals surface area contributed by atoms with Gasteiger partial charge in [0.05, 0.1) is 6.54 Å². The predicted octanol–water partition coefficient (Wildman–Crippen LogP) is 1.95. The minimum atomic E-state index is -4.43. The van der Waals surface area contributed by atoms with Crippen molar-refractivity contribution in [2.75, 3.05) is 19.6 Å². The summed E-state index contributed by atoms with van der Waals surface area (Å²) in [4.78, 5) is 23.7. The number of alkyl halides is 3. The smallest absolute Gasteiger partial charge is 0.347 e. The second-order valence-electron chi connectivity index (χ2n) is 5.54. The van der Waals surface area contributed by atoms with E-state index in [2.05, 4.69) is 5.32 Å². The minimum Gasteiger partial charge on any atom is -0.347 e. The van der Waals surface area contributed by atoms with Gasteiger partial charge in [-0.15, -0.1) is 0 Å². The maximum absolute atomic E-state index is 12.2. The van der Waals surface area contributed by atoms with Gasteiger partial charge in [-0.05, 0) is 12.3 Å². The van der Waals surface area contributed by atoms with Gasteiger partial charge in [-0.25, -0.2) is 0 Å². The molecule has 4 nitrogen and oxygen atoms in total. The lowest BCUT2D eigenvalue weighted by Crippen LogP contribution is -2.44. The lowest BCUT2D eigenvalue weighted by Gasteiger charge is -2.23. The second kappa shape index (κ2) is 6.77. The van der Waals surface area contributed by atoms with Crippen LogP contribution < -0.4 is 5.32 Å². The molecule has 2 amide bonds. The van der Waals surface area contributed by atoms with Gasteiger partial charge in [-0.1, -0.05) is 20.8 Å². The van der Waals surface area contributed by atoms with Gasteiger partial charge in [0.1, 0.15) is 6.54 Å². The average Bonchev–Trinajstić information content (AvgIpc) is 2.18. The summed E-state index contributed by atoms with van der Waals surface area (Å²) in [6.07, 6.45) is -4.22. The van der Waals surface area contributed by atoms with E-state index >= 15 is 0 Å². The number of carbonyl (C=O) groups excluding carboxylic acids is 2. The summed E-state index contributed by atoms with van der Waals surface area (Å²) in [6, 6.07) is 0. The maximum atomic E-state index is 12.2. The molecule has 0 unspecified atom stereocenters. The first-order valence-electron chi connectivity index (χ1n) is 6.06. The molecule has 0 rings (SSSR count). The third-order valence-electron chi connectivity index (χ3n) is 2.23. The van der Waals surface area contributed by atoms with Crippen LogP contribution in [-0.2, 0) is 9.59 Å². The zero-order valence-corrected chi connectivity index (χ0v) is 11.7. The van der Waals surface area contributed by atoms with Crippen molar-refractivity contribution < 1.29 is 22.8 Å². The number of nitrogens with one attached hydrogen (secondary N) is 1. The van der Waals surface area contributed by atoms with E-state index < -0.39 is 25.2 Å². The van der Waals surface area contributed by atoms with E-state index in [-0.39, 0.29) is 24.3 Å². The van der Waals surface area contributed by atoms with Crippen LogP contribution in [0.5, 0.6) is 0 Å². The van der Waals surface area contributed by atoms with Crippen molar-refractivity contribution in [1.29, 1.82) is 0 Å². The van der Waals surface area contributed by atoms with Gasteiger partial charge >= 0.3 is 6.18 Å². The standard InChI is InChI=1S/C12H21F3N2O2/c1-5-17(8-12(13,14)15)10(19)7-16-9(18)6-11(2,3)4/h5-8H2,1-4H3,(H,16,18). The van der Waals surface area contributed by atoms with Crippen LogP contribution >= 0.6 is 0 Å². The molecule has 7 heteroatoms. The molecule has 0 fully saturated rings. The molecular weight excluding hydrogens is 261 g/mol. The lowest BCUT2D eigenvalue weighted by molar-refractivity contribution is -0.160. The molecule has 0 heterocycles. The molecule has 0 bridgehead atoms. The maximum Gasteiger partial charge on any atom is 0.406 e. The van der Waals surface area contributed by atoms with Crippen LogP contribution in [0.2, 0.25) is 0 Å². The molecule has 0 aromatic carbocycles. The first-order chi connectivity index (χ1) is 8.44. The van der Waals surface area contributed by atoms with Crippen molar-refractivity contribution in [3.05, 3.63) is 0 Å². The highest BCUT2D eigenvalue weighted by Crippen LogP contribution is 2.18. The normalized spacial score (nSPS) is 12.2. The summed E-state index contributed by atoms with van der Waals surface area (Å²) in [6.45, 7) is 5.29. The quantitative estimate of drug-likeness (QED) is 0.838. The molecular formula is C12H21F3N2O2. The fourth-order valence-corrected chi connectivity index (χ4v) is 1.42. The van der Waals surface area contributed by atoms with Crippen LogP contribution in [0.3, 0.4) is 0 Å². The zero-order valence-electron chi connectivity index (χ0n) is 11.7. The molecule has 0 aromatic heterocycles. The van der Waals surface area contributed by atoms with Crippen LogP contribution in [0.1, 0.15) is 34.1 Å². The molecule has 112 valence electrons. The Morgan fingerprint density at radius 1 is 1.16 bits per heavy atom. The molecule has 0 saturated carbocycles. The molecule has 0 aliphatic heterocycles. The SMILES string of the molecule is CCN(CC(F)(F)F)C(=O)CNC(=O)CC(C)(C)C. The molecule has 0 atom stereocenters. The Hall–Kier alpha value is -1.27. The first-order valence-corrected chi connectivity index (χ1v) is 6.06. The molecule has 0 aromatic rings. The summed E-state index contributed by atoms with van der Waals surface area (Å²) >= 11 is 0. The highest BCUT2D eigenvalue weighted by Gasteiger charge is 2.32. The number of halogens is 3. The summed E-state index contributed by atoms with van der Waals surface area (Å²) in [5.41, 5.74) is -0.233. The molecule has 1 N–H and O–H groups in total. The van der Waals surface area contributed by atoms with Gasteiger partial charge in [0, 0.05) is 13.0 Å². The van der Waals surface area contributed by atoms with Crippen molar-refractivity contribution in [3.8, 4) is 0 Å². The van der Waals surface area contributed by atoms with Crippen LogP contribution in [-0.4, -0.2) is 42.5 Å². The third-order valence-corrected chi connectivity index (χ3v) is 2.23. The largest absolute Gasteiger partial charge is 0.406 e. The Kier molecular flexibility index (Phi) is 6.32. The number of nitrogens with zero attached hydrogens (tertiary/aromatic N) is 1.